The molecule has 4 aromatic heterocycles. The number of aromatic nitrogens is 4. The highest BCUT2D eigenvalue weighted by Gasteiger charge is 2.28. The molecule has 0 saturated carbocycles. The second-order valence-electron chi connectivity index (χ2n) is 9.71. The third kappa shape index (κ3) is 2.15. The molecular formula is C31H18N4. The fraction of sp³-hybridized carbons (Fsp3) is 0.0645. The van der Waals surface area contributed by atoms with Gasteiger partial charge in [-0.1, -0.05) is 42.5 Å². The minimum atomic E-state index is 0.885. The Bertz CT molecular complexity index is 2070. The van der Waals surface area contributed by atoms with Crippen LogP contribution in [0.4, 0.5) is 0 Å². The number of benzene rings is 3. The molecule has 7 aromatic rings. The van der Waals surface area contributed by atoms with Gasteiger partial charge in [0.1, 0.15) is 11.2 Å². The number of fused-ring (bicyclic) bond motifs is 15. The number of hydrogen-bond acceptors (Lipinski definition) is 3. The summed E-state index contributed by atoms with van der Waals surface area (Å²) in [5.41, 5.74) is 15.0. The first kappa shape index (κ1) is 17.8. The second-order valence-corrected chi connectivity index (χ2v) is 9.71. The first-order chi connectivity index (χ1) is 17.3. The maximum Gasteiger partial charge on any atom is 0.164 e. The molecule has 0 atom stereocenters. The summed E-state index contributed by atoms with van der Waals surface area (Å²) in [6.07, 6.45) is 7.70. The Balaban J connectivity index is 1.46. The van der Waals surface area contributed by atoms with E-state index in [0.717, 1.165) is 45.9 Å². The van der Waals surface area contributed by atoms with Crippen LogP contribution in [0.25, 0.3) is 60.7 Å². The van der Waals surface area contributed by atoms with Crippen molar-refractivity contribution in [3.8, 4) is 22.3 Å². The Morgan fingerprint density at radius 3 is 2.57 bits per heavy atom. The van der Waals surface area contributed by atoms with Crippen LogP contribution in [0.3, 0.4) is 0 Å². The molecule has 9 rings (SSSR count). The van der Waals surface area contributed by atoms with E-state index in [1.54, 1.807) is 0 Å². The lowest BCUT2D eigenvalue weighted by molar-refractivity contribution is 1.21. The monoisotopic (exact) mass is 446 g/mol. The quantitative estimate of drug-likeness (QED) is 0.243. The molecule has 4 heteroatoms. The molecule has 0 amide bonds. The molecule has 0 saturated heterocycles. The largest absolute Gasteiger partial charge is 0.276 e. The van der Waals surface area contributed by atoms with Crippen molar-refractivity contribution in [1.82, 2.24) is 19.4 Å². The van der Waals surface area contributed by atoms with Gasteiger partial charge in [-0.05, 0) is 81.6 Å². The van der Waals surface area contributed by atoms with E-state index in [-0.39, 0.29) is 0 Å². The van der Waals surface area contributed by atoms with E-state index in [1.165, 1.54) is 49.9 Å². The van der Waals surface area contributed by atoms with Crippen LogP contribution in [-0.4, -0.2) is 19.4 Å². The summed E-state index contributed by atoms with van der Waals surface area (Å²) in [6.45, 7) is 0. The molecule has 0 aliphatic heterocycles. The standard InChI is InChI=1S/C31H18N4/c1-2-5-21-17(4-1)12-19-14-20-13-18-7-8-22-29(28(18)24(20)15-23(19)21)25-16-32-11-9-27(25)35-30(22)34-26-6-3-10-33-31(26)35/h1-11,14-16H,12-13H2. The Morgan fingerprint density at radius 1 is 0.657 bits per heavy atom. The van der Waals surface area contributed by atoms with Gasteiger partial charge < -0.3 is 0 Å². The van der Waals surface area contributed by atoms with Gasteiger partial charge in [0.2, 0.25) is 0 Å². The highest BCUT2D eigenvalue weighted by Crippen LogP contribution is 2.48. The summed E-state index contributed by atoms with van der Waals surface area (Å²) in [7, 11) is 0. The van der Waals surface area contributed by atoms with E-state index in [2.05, 4.69) is 69.0 Å². The molecule has 0 bridgehead atoms. The van der Waals surface area contributed by atoms with Crippen molar-refractivity contribution in [2.24, 2.45) is 0 Å². The zero-order valence-electron chi connectivity index (χ0n) is 18.8. The predicted octanol–water partition coefficient (Wildman–Crippen LogP) is 6.73. The summed E-state index contributed by atoms with van der Waals surface area (Å²) in [4.78, 5) is 14.3. The Labute approximate surface area is 200 Å². The number of imidazole rings is 1. The van der Waals surface area contributed by atoms with Crippen molar-refractivity contribution < 1.29 is 0 Å². The van der Waals surface area contributed by atoms with E-state index >= 15 is 0 Å². The van der Waals surface area contributed by atoms with Gasteiger partial charge in [0.25, 0.3) is 0 Å². The predicted molar refractivity (Wildman–Crippen MR) is 140 cm³/mol. The maximum absolute atomic E-state index is 5.04. The average Bonchev–Trinajstić information content (AvgIpc) is 3.58. The molecule has 2 aliphatic rings. The molecule has 0 radical (unpaired) electrons. The molecule has 0 fully saturated rings. The Hall–Kier alpha value is -4.57. The Kier molecular flexibility index (Phi) is 3.11. The summed E-state index contributed by atoms with van der Waals surface area (Å²) in [5.74, 6) is 0. The van der Waals surface area contributed by atoms with Gasteiger partial charge >= 0.3 is 0 Å². The molecular weight excluding hydrogens is 428 g/mol. The highest BCUT2D eigenvalue weighted by molar-refractivity contribution is 6.20. The molecule has 0 unspecified atom stereocenters. The number of hydrogen-bond donors (Lipinski definition) is 0. The van der Waals surface area contributed by atoms with Crippen molar-refractivity contribution in [3.63, 3.8) is 0 Å². The first-order valence-corrected chi connectivity index (χ1v) is 12.0. The SMILES string of the molecule is c1ccc2c(c1)Cc1cc3c(cc1-2)-c1c(ccc2c1c1cnccc1n1c4ncccc4nc21)C3. The molecule has 2 aliphatic carbocycles. The number of rotatable bonds is 0. The van der Waals surface area contributed by atoms with Gasteiger partial charge in [0, 0.05) is 34.7 Å². The van der Waals surface area contributed by atoms with Gasteiger partial charge in [-0.2, -0.15) is 0 Å². The number of pyridine rings is 3. The second kappa shape index (κ2) is 6.10. The highest BCUT2D eigenvalue weighted by atomic mass is 15.1. The zero-order chi connectivity index (χ0) is 22.7. The molecule has 0 N–H and O–H groups in total. The molecule has 4 heterocycles. The van der Waals surface area contributed by atoms with Gasteiger partial charge in [0.15, 0.2) is 5.65 Å². The molecule has 0 spiro atoms. The number of nitrogens with zero attached hydrogens (tertiary/aromatic N) is 4. The first-order valence-electron chi connectivity index (χ1n) is 12.0. The average molecular weight is 447 g/mol. The lowest BCUT2D eigenvalue weighted by Crippen LogP contribution is -1.95. The molecule has 4 nitrogen and oxygen atoms in total. The van der Waals surface area contributed by atoms with Crippen LogP contribution in [0.15, 0.2) is 85.3 Å². The maximum atomic E-state index is 5.04. The van der Waals surface area contributed by atoms with E-state index in [1.807, 2.05) is 30.7 Å². The normalized spacial score (nSPS) is 13.5. The van der Waals surface area contributed by atoms with Crippen LogP contribution < -0.4 is 0 Å². The third-order valence-electron chi connectivity index (χ3n) is 7.92. The van der Waals surface area contributed by atoms with Crippen LogP contribution in [-0.2, 0) is 12.8 Å². The molecule has 3 aromatic carbocycles. The summed E-state index contributed by atoms with van der Waals surface area (Å²) in [6, 6.07) is 24.3. The molecule has 162 valence electrons. The van der Waals surface area contributed by atoms with Gasteiger partial charge in [0.05, 0.1) is 5.52 Å². The smallest absolute Gasteiger partial charge is 0.164 e. The summed E-state index contributed by atoms with van der Waals surface area (Å²) >= 11 is 0. The lowest BCUT2D eigenvalue weighted by Gasteiger charge is -2.13. The Morgan fingerprint density at radius 2 is 1.57 bits per heavy atom. The summed E-state index contributed by atoms with van der Waals surface area (Å²) in [5, 5.41) is 3.54. The topological polar surface area (TPSA) is 43.1 Å². The fourth-order valence-electron chi connectivity index (χ4n) is 6.48. The van der Waals surface area contributed by atoms with Gasteiger partial charge in [-0.25, -0.2) is 9.97 Å². The zero-order valence-corrected chi connectivity index (χ0v) is 18.8. The van der Waals surface area contributed by atoms with Gasteiger partial charge in [-0.3, -0.25) is 9.38 Å². The lowest BCUT2D eigenvalue weighted by atomic mass is 9.93. The van der Waals surface area contributed by atoms with Crippen LogP contribution >= 0.6 is 0 Å². The van der Waals surface area contributed by atoms with E-state index in [4.69, 9.17) is 4.98 Å². The molecule has 35 heavy (non-hydrogen) atoms. The van der Waals surface area contributed by atoms with Crippen molar-refractivity contribution in [2.45, 2.75) is 12.8 Å². The fourth-order valence-corrected chi connectivity index (χ4v) is 6.48. The summed E-state index contributed by atoms with van der Waals surface area (Å²) < 4.78 is 2.19. The van der Waals surface area contributed by atoms with Crippen LogP contribution in [0, 0.1) is 0 Å². The minimum Gasteiger partial charge on any atom is -0.276 e. The van der Waals surface area contributed by atoms with Crippen LogP contribution in [0.2, 0.25) is 0 Å². The van der Waals surface area contributed by atoms with Crippen LogP contribution in [0.1, 0.15) is 22.3 Å². The van der Waals surface area contributed by atoms with Crippen molar-refractivity contribution in [1.29, 1.82) is 0 Å². The van der Waals surface area contributed by atoms with E-state index in [0.29, 0.717) is 0 Å². The van der Waals surface area contributed by atoms with E-state index in [9.17, 15) is 0 Å². The van der Waals surface area contributed by atoms with Crippen molar-refractivity contribution in [3.05, 3.63) is 108 Å². The minimum absolute atomic E-state index is 0.885. The van der Waals surface area contributed by atoms with Crippen molar-refractivity contribution in [2.75, 3.05) is 0 Å². The van der Waals surface area contributed by atoms with E-state index < -0.39 is 0 Å². The van der Waals surface area contributed by atoms with Crippen molar-refractivity contribution >= 4 is 38.5 Å². The van der Waals surface area contributed by atoms with Crippen LogP contribution in [0.5, 0.6) is 0 Å². The third-order valence-corrected chi connectivity index (χ3v) is 7.92. The van der Waals surface area contributed by atoms with Gasteiger partial charge in [-0.15, -0.1) is 0 Å².